The lowest BCUT2D eigenvalue weighted by Crippen LogP contribution is -2.27. The highest BCUT2D eigenvalue weighted by Crippen LogP contribution is 2.38. The highest BCUT2D eigenvalue weighted by molar-refractivity contribution is 14.1. The molecule has 4 aromatic carbocycles. The summed E-state index contributed by atoms with van der Waals surface area (Å²) in [6.45, 7) is 0.581. The summed E-state index contributed by atoms with van der Waals surface area (Å²) in [6, 6.07) is 25.0. The first kappa shape index (κ1) is 25.6. The largest absolute Gasteiger partial charge is 0.493 e. The van der Waals surface area contributed by atoms with Gasteiger partial charge in [0.1, 0.15) is 6.61 Å². The standard InChI is InChI=1S/C29H21ClINO4S/c1-35-25-14-19(13-24(31)27(25)36-17-18-9-11-22(30)12-10-18)15-26-28(33)32(29(34)37-26)16-21-7-4-6-20-5-2-3-8-23(20)21/h2-15H,16-17H2,1H3/b26-15+. The second kappa shape index (κ2) is 11.2. The van der Waals surface area contributed by atoms with Gasteiger partial charge in [0, 0.05) is 5.02 Å². The summed E-state index contributed by atoms with van der Waals surface area (Å²) >= 11 is 9.09. The molecule has 0 N–H and O–H groups in total. The summed E-state index contributed by atoms with van der Waals surface area (Å²) in [6.07, 6.45) is 1.72. The van der Waals surface area contributed by atoms with E-state index in [9.17, 15) is 9.59 Å². The zero-order valence-electron chi connectivity index (χ0n) is 19.7. The van der Waals surface area contributed by atoms with Gasteiger partial charge in [0.05, 0.1) is 22.1 Å². The second-order valence-corrected chi connectivity index (χ2v) is 10.9. The summed E-state index contributed by atoms with van der Waals surface area (Å²) in [5.74, 6) is 0.848. The van der Waals surface area contributed by atoms with Gasteiger partial charge in [-0.05, 0) is 92.2 Å². The number of methoxy groups -OCH3 is 1. The van der Waals surface area contributed by atoms with Gasteiger partial charge in [0.2, 0.25) is 0 Å². The van der Waals surface area contributed by atoms with E-state index in [1.165, 1.54) is 4.90 Å². The quantitative estimate of drug-likeness (QED) is 0.152. The molecule has 0 saturated carbocycles. The molecule has 0 aliphatic carbocycles. The van der Waals surface area contributed by atoms with Crippen molar-refractivity contribution in [3.8, 4) is 11.5 Å². The number of carbonyl (C=O) groups is 2. The molecule has 0 radical (unpaired) electrons. The molecule has 2 amide bonds. The summed E-state index contributed by atoms with van der Waals surface area (Å²) < 4.78 is 12.4. The van der Waals surface area contributed by atoms with Gasteiger partial charge in [-0.25, -0.2) is 0 Å². The third-order valence-corrected chi connectivity index (χ3v) is 7.89. The van der Waals surface area contributed by atoms with E-state index < -0.39 is 0 Å². The number of thioether (sulfide) groups is 1. The van der Waals surface area contributed by atoms with Gasteiger partial charge in [-0.15, -0.1) is 0 Å². The number of amides is 2. The van der Waals surface area contributed by atoms with Crippen LogP contribution in [0.15, 0.2) is 83.8 Å². The SMILES string of the molecule is COc1cc(/C=C2/SC(=O)N(Cc3cccc4ccccc34)C2=O)cc(I)c1OCc1ccc(Cl)cc1. The number of carbonyl (C=O) groups excluding carboxylic acids is 2. The Hall–Kier alpha value is -3.01. The maximum absolute atomic E-state index is 13.2. The molecule has 4 aromatic rings. The van der Waals surface area contributed by atoms with E-state index in [2.05, 4.69) is 22.6 Å². The third kappa shape index (κ3) is 5.63. The van der Waals surface area contributed by atoms with Gasteiger partial charge in [0.25, 0.3) is 11.1 Å². The predicted octanol–water partition coefficient (Wildman–Crippen LogP) is 7.92. The smallest absolute Gasteiger partial charge is 0.293 e. The minimum absolute atomic E-state index is 0.224. The molecule has 37 heavy (non-hydrogen) atoms. The number of imide groups is 1. The van der Waals surface area contributed by atoms with Crippen molar-refractivity contribution in [1.82, 2.24) is 4.90 Å². The third-order valence-electron chi connectivity index (χ3n) is 5.93. The topological polar surface area (TPSA) is 55.8 Å². The van der Waals surface area contributed by atoms with Crippen LogP contribution in [-0.4, -0.2) is 23.2 Å². The van der Waals surface area contributed by atoms with E-state index in [4.69, 9.17) is 21.1 Å². The maximum Gasteiger partial charge on any atom is 0.293 e. The van der Waals surface area contributed by atoms with Gasteiger partial charge in [-0.2, -0.15) is 0 Å². The zero-order valence-corrected chi connectivity index (χ0v) is 23.5. The molecule has 0 atom stereocenters. The summed E-state index contributed by atoms with van der Waals surface area (Å²) in [5.41, 5.74) is 2.65. The maximum atomic E-state index is 13.2. The zero-order chi connectivity index (χ0) is 25.9. The Morgan fingerprint density at radius 3 is 2.54 bits per heavy atom. The van der Waals surface area contributed by atoms with Crippen LogP contribution in [0.4, 0.5) is 4.79 Å². The van der Waals surface area contributed by atoms with E-state index in [1.807, 2.05) is 72.8 Å². The Morgan fingerprint density at radius 2 is 1.76 bits per heavy atom. The highest BCUT2D eigenvalue weighted by Gasteiger charge is 2.35. The van der Waals surface area contributed by atoms with Crippen molar-refractivity contribution in [2.75, 3.05) is 7.11 Å². The number of ether oxygens (including phenoxy) is 2. The van der Waals surface area contributed by atoms with Crippen molar-refractivity contribution in [3.63, 3.8) is 0 Å². The van der Waals surface area contributed by atoms with Crippen molar-refractivity contribution in [3.05, 3.63) is 109 Å². The normalized spacial score (nSPS) is 14.6. The Balaban J connectivity index is 1.36. The molecule has 0 spiro atoms. The van der Waals surface area contributed by atoms with Crippen LogP contribution in [0, 0.1) is 3.57 Å². The van der Waals surface area contributed by atoms with Crippen LogP contribution in [0.5, 0.6) is 11.5 Å². The number of halogens is 2. The second-order valence-electron chi connectivity index (χ2n) is 8.36. The van der Waals surface area contributed by atoms with Gasteiger partial charge in [-0.1, -0.05) is 66.2 Å². The molecule has 1 heterocycles. The number of benzene rings is 4. The fourth-order valence-electron chi connectivity index (χ4n) is 4.09. The van der Waals surface area contributed by atoms with Crippen molar-refractivity contribution >= 4 is 73.9 Å². The molecule has 1 aliphatic heterocycles. The molecule has 5 nitrogen and oxygen atoms in total. The Labute approximate surface area is 237 Å². The minimum Gasteiger partial charge on any atom is -0.493 e. The lowest BCUT2D eigenvalue weighted by Gasteiger charge is -2.15. The summed E-state index contributed by atoms with van der Waals surface area (Å²) in [7, 11) is 1.57. The summed E-state index contributed by atoms with van der Waals surface area (Å²) in [5, 5.41) is 2.49. The monoisotopic (exact) mass is 641 g/mol. The first-order chi connectivity index (χ1) is 17.9. The molecule has 1 aliphatic rings. The van der Waals surface area contributed by atoms with Crippen LogP contribution >= 0.6 is 46.0 Å². The fraction of sp³-hybridized carbons (Fsp3) is 0.103. The van der Waals surface area contributed by atoms with E-state index in [0.717, 1.165) is 42.8 Å². The van der Waals surface area contributed by atoms with Crippen molar-refractivity contribution in [2.45, 2.75) is 13.2 Å². The number of rotatable bonds is 7. The molecule has 1 saturated heterocycles. The predicted molar refractivity (Wildman–Crippen MR) is 157 cm³/mol. The molecule has 0 unspecified atom stereocenters. The van der Waals surface area contributed by atoms with E-state index >= 15 is 0 Å². The van der Waals surface area contributed by atoms with Crippen molar-refractivity contribution < 1.29 is 19.1 Å². The molecular weight excluding hydrogens is 621 g/mol. The molecule has 1 fully saturated rings. The van der Waals surface area contributed by atoms with E-state index in [-0.39, 0.29) is 17.7 Å². The van der Waals surface area contributed by atoms with Crippen LogP contribution in [-0.2, 0) is 17.9 Å². The molecule has 0 aromatic heterocycles. The Bertz CT molecular complexity index is 1530. The van der Waals surface area contributed by atoms with Crippen LogP contribution in [0.2, 0.25) is 5.02 Å². The van der Waals surface area contributed by atoms with Crippen LogP contribution in [0.1, 0.15) is 16.7 Å². The number of hydrogen-bond donors (Lipinski definition) is 0. The lowest BCUT2D eigenvalue weighted by atomic mass is 10.0. The fourth-order valence-corrected chi connectivity index (χ4v) is 5.83. The lowest BCUT2D eigenvalue weighted by molar-refractivity contribution is -0.123. The first-order valence-corrected chi connectivity index (χ1v) is 13.7. The van der Waals surface area contributed by atoms with Crippen LogP contribution in [0.25, 0.3) is 16.8 Å². The number of fused-ring (bicyclic) bond motifs is 1. The van der Waals surface area contributed by atoms with Gasteiger partial charge >= 0.3 is 0 Å². The molecule has 186 valence electrons. The average molecular weight is 642 g/mol. The van der Waals surface area contributed by atoms with Crippen LogP contribution in [0.3, 0.4) is 0 Å². The highest BCUT2D eigenvalue weighted by atomic mass is 127. The Morgan fingerprint density at radius 1 is 1.00 bits per heavy atom. The van der Waals surface area contributed by atoms with Gasteiger partial charge in [0.15, 0.2) is 11.5 Å². The Kier molecular flexibility index (Phi) is 7.73. The minimum atomic E-state index is -0.306. The van der Waals surface area contributed by atoms with Crippen molar-refractivity contribution in [1.29, 1.82) is 0 Å². The molecule has 8 heteroatoms. The first-order valence-electron chi connectivity index (χ1n) is 11.4. The number of nitrogens with zero attached hydrogens (tertiary/aromatic N) is 1. The van der Waals surface area contributed by atoms with E-state index in [1.54, 1.807) is 19.3 Å². The summed E-state index contributed by atoms with van der Waals surface area (Å²) in [4.78, 5) is 27.7. The van der Waals surface area contributed by atoms with Gasteiger partial charge < -0.3 is 9.47 Å². The molecule has 0 bridgehead atoms. The van der Waals surface area contributed by atoms with Crippen molar-refractivity contribution in [2.24, 2.45) is 0 Å². The number of hydrogen-bond acceptors (Lipinski definition) is 5. The van der Waals surface area contributed by atoms with Gasteiger partial charge in [-0.3, -0.25) is 14.5 Å². The molecular formula is C29H21ClINO4S. The van der Waals surface area contributed by atoms with E-state index in [0.29, 0.717) is 28.0 Å². The van der Waals surface area contributed by atoms with Crippen LogP contribution < -0.4 is 9.47 Å². The molecule has 5 rings (SSSR count). The average Bonchev–Trinajstić information content (AvgIpc) is 3.16.